The first-order valence-electron chi connectivity index (χ1n) is 7.06. The lowest BCUT2D eigenvalue weighted by molar-refractivity contribution is -0.134. The molecule has 2 atom stereocenters. The lowest BCUT2D eigenvalue weighted by Crippen LogP contribution is -2.53. The van der Waals surface area contributed by atoms with Crippen molar-refractivity contribution in [2.75, 3.05) is 19.7 Å². The predicted octanol–water partition coefficient (Wildman–Crippen LogP) is 0.851. The van der Waals surface area contributed by atoms with Gasteiger partial charge in [-0.15, -0.1) is 0 Å². The smallest absolute Gasteiger partial charge is 0.407 e. The fourth-order valence-corrected chi connectivity index (χ4v) is 2.30. The fourth-order valence-electron chi connectivity index (χ4n) is 2.30. The first kappa shape index (κ1) is 15.8. The van der Waals surface area contributed by atoms with E-state index in [1.165, 1.54) is 0 Å². The van der Waals surface area contributed by atoms with Gasteiger partial charge >= 0.3 is 6.09 Å². The van der Waals surface area contributed by atoms with E-state index >= 15 is 0 Å². The predicted molar refractivity (Wildman–Crippen MR) is 72.6 cm³/mol. The van der Waals surface area contributed by atoms with Crippen LogP contribution in [0.4, 0.5) is 4.79 Å². The van der Waals surface area contributed by atoms with Crippen molar-refractivity contribution in [2.45, 2.75) is 51.6 Å². The summed E-state index contributed by atoms with van der Waals surface area (Å²) in [6.07, 6.45) is 2.92. The molecule has 1 heterocycles. The Morgan fingerprint density at radius 3 is 2.84 bits per heavy atom. The zero-order valence-corrected chi connectivity index (χ0v) is 11.9. The molecule has 0 aromatic rings. The molecule has 6 nitrogen and oxygen atoms in total. The number of likely N-dealkylation sites (tertiary alicyclic amines) is 1. The van der Waals surface area contributed by atoms with Crippen molar-refractivity contribution >= 4 is 12.0 Å². The van der Waals surface area contributed by atoms with Crippen LogP contribution in [0.25, 0.3) is 0 Å². The Balaban J connectivity index is 2.45. The van der Waals surface area contributed by atoms with Crippen molar-refractivity contribution in [3.05, 3.63) is 0 Å². The summed E-state index contributed by atoms with van der Waals surface area (Å²) in [6, 6.07) is -0.461. The lowest BCUT2D eigenvalue weighted by Gasteiger charge is -2.34. The molecule has 0 saturated carbocycles. The zero-order chi connectivity index (χ0) is 14.3. The minimum Gasteiger partial charge on any atom is -0.450 e. The van der Waals surface area contributed by atoms with E-state index in [0.29, 0.717) is 19.6 Å². The molecule has 0 radical (unpaired) electrons. The molecule has 0 aromatic carbocycles. The summed E-state index contributed by atoms with van der Waals surface area (Å²) in [5.41, 5.74) is 5.85. The number of hydrogen-bond acceptors (Lipinski definition) is 4. The van der Waals surface area contributed by atoms with Crippen LogP contribution in [0, 0.1) is 0 Å². The lowest BCUT2D eigenvalue weighted by atomic mass is 10.0. The van der Waals surface area contributed by atoms with Crippen LogP contribution < -0.4 is 11.1 Å². The van der Waals surface area contributed by atoms with E-state index in [1.54, 1.807) is 11.8 Å². The molecule has 0 aliphatic carbocycles. The molecule has 1 fully saturated rings. The van der Waals surface area contributed by atoms with Gasteiger partial charge in [-0.2, -0.15) is 0 Å². The Bertz CT molecular complexity index is 310. The molecule has 1 unspecified atom stereocenters. The molecule has 0 bridgehead atoms. The molecule has 6 heteroatoms. The van der Waals surface area contributed by atoms with Crippen molar-refractivity contribution in [1.82, 2.24) is 10.2 Å². The summed E-state index contributed by atoms with van der Waals surface area (Å²) in [6.45, 7) is 5.36. The van der Waals surface area contributed by atoms with E-state index in [1.807, 2.05) is 6.92 Å². The number of nitrogens with two attached hydrogens (primary N) is 1. The fraction of sp³-hybridized carbons (Fsp3) is 0.846. The highest BCUT2D eigenvalue weighted by Gasteiger charge is 2.27. The summed E-state index contributed by atoms with van der Waals surface area (Å²) < 4.78 is 4.85. The quantitative estimate of drug-likeness (QED) is 0.776. The molecule has 2 amide bonds. The third-order valence-corrected chi connectivity index (χ3v) is 3.25. The van der Waals surface area contributed by atoms with Crippen LogP contribution in [-0.2, 0) is 9.53 Å². The average molecular weight is 271 g/mol. The molecule has 3 N–H and O–H groups in total. The second-order valence-corrected chi connectivity index (χ2v) is 4.88. The minimum absolute atomic E-state index is 0.0165. The monoisotopic (exact) mass is 271 g/mol. The molecule has 1 saturated heterocycles. The standard InChI is InChI=1S/C13H25N3O3/c1-3-6-11(14)12(17)16-8-5-7-10(9-16)15-13(18)19-4-2/h10-11H,3-9,14H2,1-2H3,(H,15,18)/t10?,11-/m0/s1. The van der Waals surface area contributed by atoms with E-state index in [9.17, 15) is 9.59 Å². The van der Waals surface area contributed by atoms with E-state index in [4.69, 9.17) is 10.5 Å². The van der Waals surface area contributed by atoms with E-state index in [0.717, 1.165) is 25.8 Å². The maximum atomic E-state index is 12.1. The van der Waals surface area contributed by atoms with Gasteiger partial charge in [0.2, 0.25) is 5.91 Å². The van der Waals surface area contributed by atoms with Crippen molar-refractivity contribution in [2.24, 2.45) is 5.73 Å². The molecule has 1 aliphatic rings. The van der Waals surface area contributed by atoms with Crippen LogP contribution in [0.3, 0.4) is 0 Å². The van der Waals surface area contributed by atoms with Crippen LogP contribution in [0.5, 0.6) is 0 Å². The molecular weight excluding hydrogens is 246 g/mol. The van der Waals surface area contributed by atoms with Crippen LogP contribution in [0.2, 0.25) is 0 Å². The number of alkyl carbamates (subject to hydrolysis) is 1. The van der Waals surface area contributed by atoms with Gasteiger partial charge in [-0.25, -0.2) is 4.79 Å². The number of hydrogen-bond donors (Lipinski definition) is 2. The van der Waals surface area contributed by atoms with Crippen LogP contribution >= 0.6 is 0 Å². The summed E-state index contributed by atoms with van der Waals surface area (Å²) in [5.74, 6) is -0.0165. The number of amides is 2. The number of carbonyl (C=O) groups excluding carboxylic acids is 2. The Labute approximate surface area is 114 Å². The molecule has 1 rings (SSSR count). The highest BCUT2D eigenvalue weighted by molar-refractivity contribution is 5.81. The van der Waals surface area contributed by atoms with Gasteiger partial charge in [-0.3, -0.25) is 4.79 Å². The molecular formula is C13H25N3O3. The number of rotatable bonds is 5. The summed E-state index contributed by atoms with van der Waals surface area (Å²) in [5, 5.41) is 2.78. The van der Waals surface area contributed by atoms with Crippen LogP contribution in [-0.4, -0.2) is 48.7 Å². The number of carbonyl (C=O) groups is 2. The zero-order valence-electron chi connectivity index (χ0n) is 11.9. The first-order chi connectivity index (χ1) is 9.08. The summed E-state index contributed by atoms with van der Waals surface area (Å²) in [7, 11) is 0. The number of piperidine rings is 1. The van der Waals surface area contributed by atoms with Gasteiger partial charge in [0.05, 0.1) is 12.6 Å². The third kappa shape index (κ3) is 5.06. The number of nitrogens with zero attached hydrogens (tertiary/aromatic N) is 1. The van der Waals surface area contributed by atoms with E-state index in [2.05, 4.69) is 5.32 Å². The normalized spacial score (nSPS) is 20.8. The second kappa shape index (κ2) is 7.99. The van der Waals surface area contributed by atoms with Gasteiger partial charge in [0.1, 0.15) is 0 Å². The second-order valence-electron chi connectivity index (χ2n) is 4.88. The van der Waals surface area contributed by atoms with E-state index in [-0.39, 0.29) is 11.9 Å². The van der Waals surface area contributed by atoms with Crippen LogP contribution in [0.1, 0.15) is 39.5 Å². The van der Waals surface area contributed by atoms with E-state index < -0.39 is 12.1 Å². The van der Waals surface area contributed by atoms with Gasteiger partial charge in [-0.05, 0) is 26.2 Å². The molecule has 110 valence electrons. The van der Waals surface area contributed by atoms with Gasteiger partial charge in [0.25, 0.3) is 0 Å². The van der Waals surface area contributed by atoms with Gasteiger partial charge in [0.15, 0.2) is 0 Å². The Hall–Kier alpha value is -1.30. The van der Waals surface area contributed by atoms with Gasteiger partial charge in [0, 0.05) is 19.1 Å². The molecule has 0 aromatic heterocycles. The third-order valence-electron chi connectivity index (χ3n) is 3.25. The van der Waals surface area contributed by atoms with Crippen molar-refractivity contribution in [1.29, 1.82) is 0 Å². The van der Waals surface area contributed by atoms with Crippen LogP contribution in [0.15, 0.2) is 0 Å². The Morgan fingerprint density at radius 2 is 2.21 bits per heavy atom. The Morgan fingerprint density at radius 1 is 1.47 bits per heavy atom. The molecule has 19 heavy (non-hydrogen) atoms. The highest BCUT2D eigenvalue weighted by Crippen LogP contribution is 2.12. The maximum absolute atomic E-state index is 12.1. The van der Waals surface area contributed by atoms with Gasteiger partial charge < -0.3 is 20.7 Å². The number of ether oxygens (including phenoxy) is 1. The van der Waals surface area contributed by atoms with Crippen molar-refractivity contribution < 1.29 is 14.3 Å². The average Bonchev–Trinajstić information content (AvgIpc) is 2.38. The molecule has 0 spiro atoms. The Kier molecular flexibility index (Phi) is 6.62. The van der Waals surface area contributed by atoms with Crippen molar-refractivity contribution in [3.8, 4) is 0 Å². The summed E-state index contributed by atoms with van der Waals surface area (Å²) >= 11 is 0. The van der Waals surface area contributed by atoms with Crippen molar-refractivity contribution in [3.63, 3.8) is 0 Å². The first-order valence-corrected chi connectivity index (χ1v) is 7.06. The topological polar surface area (TPSA) is 84.7 Å². The SMILES string of the molecule is CCC[C@H](N)C(=O)N1CCCC(NC(=O)OCC)C1. The maximum Gasteiger partial charge on any atom is 0.407 e. The summed E-state index contributed by atoms with van der Waals surface area (Å²) in [4.78, 5) is 25.2. The van der Waals surface area contributed by atoms with Gasteiger partial charge in [-0.1, -0.05) is 13.3 Å². The molecule has 1 aliphatic heterocycles. The minimum atomic E-state index is -0.425. The largest absolute Gasteiger partial charge is 0.450 e. The number of nitrogens with one attached hydrogen (secondary N) is 1. The highest BCUT2D eigenvalue weighted by atomic mass is 16.5.